The van der Waals surface area contributed by atoms with E-state index in [1.54, 1.807) is 0 Å². The van der Waals surface area contributed by atoms with E-state index in [0.29, 0.717) is 0 Å². The molecule has 1 heterocycles. The Bertz CT molecular complexity index is 960. The molecular weight excluding hydrogens is 254 g/mol. The molecule has 0 amide bonds. The molecule has 0 saturated carbocycles. The minimum atomic E-state index is 1.28. The highest BCUT2D eigenvalue weighted by Crippen LogP contribution is 2.31. The first-order valence-corrected chi connectivity index (χ1v) is 7.28. The van der Waals surface area contributed by atoms with Crippen molar-refractivity contribution in [1.82, 2.24) is 4.57 Å². The van der Waals surface area contributed by atoms with Gasteiger partial charge in [0.15, 0.2) is 0 Å². The summed E-state index contributed by atoms with van der Waals surface area (Å²) in [6.45, 7) is 2.14. The molecule has 0 radical (unpaired) electrons. The molecule has 21 heavy (non-hydrogen) atoms. The fourth-order valence-corrected chi connectivity index (χ4v) is 3.17. The van der Waals surface area contributed by atoms with Crippen LogP contribution in [0.3, 0.4) is 0 Å². The van der Waals surface area contributed by atoms with Crippen molar-refractivity contribution in [3.05, 3.63) is 72.3 Å². The van der Waals surface area contributed by atoms with Crippen molar-refractivity contribution >= 4 is 21.8 Å². The second-order valence-corrected chi connectivity index (χ2v) is 5.68. The summed E-state index contributed by atoms with van der Waals surface area (Å²) in [5.74, 6) is 0. The van der Waals surface area contributed by atoms with Crippen LogP contribution >= 0.6 is 0 Å². The minimum Gasteiger partial charge on any atom is -0.344 e. The topological polar surface area (TPSA) is 4.93 Å². The second kappa shape index (κ2) is 4.49. The Morgan fingerprint density at radius 2 is 1.43 bits per heavy atom. The smallest absolute Gasteiger partial charge is 0.0489 e. The Morgan fingerprint density at radius 3 is 2.29 bits per heavy atom. The number of hydrogen-bond acceptors (Lipinski definition) is 0. The van der Waals surface area contributed by atoms with Crippen LogP contribution in [-0.2, 0) is 7.05 Å². The average Bonchev–Trinajstić information content (AvgIpc) is 2.81. The van der Waals surface area contributed by atoms with Crippen molar-refractivity contribution in [2.24, 2.45) is 7.05 Å². The molecule has 4 rings (SSSR count). The van der Waals surface area contributed by atoms with Gasteiger partial charge >= 0.3 is 0 Å². The van der Waals surface area contributed by atoms with Crippen LogP contribution in [0.25, 0.3) is 32.9 Å². The predicted molar refractivity (Wildman–Crippen MR) is 90.6 cm³/mol. The summed E-state index contributed by atoms with van der Waals surface area (Å²) in [5, 5.41) is 2.65. The summed E-state index contributed by atoms with van der Waals surface area (Å²) >= 11 is 0. The van der Waals surface area contributed by atoms with Crippen LogP contribution in [0.1, 0.15) is 5.56 Å². The molecule has 1 heteroatoms. The van der Waals surface area contributed by atoms with Gasteiger partial charge in [-0.3, -0.25) is 0 Å². The van der Waals surface area contributed by atoms with Crippen LogP contribution in [0.4, 0.5) is 0 Å². The maximum atomic E-state index is 2.31. The lowest BCUT2D eigenvalue weighted by Crippen LogP contribution is -1.86. The van der Waals surface area contributed by atoms with Gasteiger partial charge in [-0.25, -0.2) is 0 Å². The first-order valence-electron chi connectivity index (χ1n) is 7.28. The zero-order valence-electron chi connectivity index (χ0n) is 12.3. The van der Waals surface area contributed by atoms with Gasteiger partial charge < -0.3 is 4.57 Å². The number of benzene rings is 3. The molecule has 0 atom stereocenters. The first kappa shape index (κ1) is 12.2. The number of hydrogen-bond donors (Lipinski definition) is 0. The van der Waals surface area contributed by atoms with Crippen molar-refractivity contribution in [3.8, 4) is 11.1 Å². The number of fused-ring (bicyclic) bond motifs is 3. The lowest BCUT2D eigenvalue weighted by molar-refractivity contribution is 1.01. The number of aromatic nitrogens is 1. The number of para-hydroxylation sites is 1. The highest BCUT2D eigenvalue weighted by molar-refractivity contribution is 6.09. The molecule has 1 aromatic heterocycles. The first-order chi connectivity index (χ1) is 10.2. The summed E-state index contributed by atoms with van der Waals surface area (Å²) in [7, 11) is 2.14. The van der Waals surface area contributed by atoms with Crippen LogP contribution in [0.5, 0.6) is 0 Å². The summed E-state index contributed by atoms with van der Waals surface area (Å²) in [5.41, 5.74) is 6.43. The SMILES string of the molecule is Cc1cccc(-c2ccc3c(c2)c2ccccc2n3C)c1. The van der Waals surface area contributed by atoms with Crippen molar-refractivity contribution in [1.29, 1.82) is 0 Å². The Labute approximate surface area is 124 Å². The van der Waals surface area contributed by atoms with E-state index < -0.39 is 0 Å². The number of aryl methyl sites for hydroxylation is 2. The molecule has 0 aliphatic carbocycles. The molecule has 0 spiro atoms. The van der Waals surface area contributed by atoms with Crippen LogP contribution in [0, 0.1) is 6.92 Å². The quantitative estimate of drug-likeness (QED) is 0.442. The third-order valence-corrected chi connectivity index (χ3v) is 4.26. The van der Waals surface area contributed by atoms with Crippen molar-refractivity contribution in [2.75, 3.05) is 0 Å². The van der Waals surface area contributed by atoms with Crippen molar-refractivity contribution in [3.63, 3.8) is 0 Å². The Kier molecular flexibility index (Phi) is 2.61. The molecule has 3 aromatic carbocycles. The average molecular weight is 271 g/mol. The summed E-state index contributed by atoms with van der Waals surface area (Å²) in [4.78, 5) is 0. The van der Waals surface area contributed by atoms with E-state index in [1.807, 2.05) is 0 Å². The van der Waals surface area contributed by atoms with E-state index in [0.717, 1.165) is 0 Å². The van der Waals surface area contributed by atoms with E-state index in [9.17, 15) is 0 Å². The highest BCUT2D eigenvalue weighted by Gasteiger charge is 2.08. The Morgan fingerprint density at radius 1 is 0.667 bits per heavy atom. The van der Waals surface area contributed by atoms with E-state index in [-0.39, 0.29) is 0 Å². The van der Waals surface area contributed by atoms with Gasteiger partial charge in [0.1, 0.15) is 0 Å². The Balaban J connectivity index is 2.04. The van der Waals surface area contributed by atoms with Gasteiger partial charge in [0.2, 0.25) is 0 Å². The van der Waals surface area contributed by atoms with Crippen LogP contribution in [0.15, 0.2) is 66.7 Å². The Hall–Kier alpha value is -2.54. The van der Waals surface area contributed by atoms with Gasteiger partial charge in [0, 0.05) is 28.9 Å². The molecule has 0 aliphatic rings. The van der Waals surface area contributed by atoms with Crippen LogP contribution < -0.4 is 0 Å². The molecule has 0 fully saturated rings. The van der Waals surface area contributed by atoms with E-state index in [4.69, 9.17) is 0 Å². The normalized spacial score (nSPS) is 11.3. The number of rotatable bonds is 1. The molecule has 102 valence electrons. The fraction of sp³-hybridized carbons (Fsp3) is 0.100. The number of nitrogens with zero attached hydrogens (tertiary/aromatic N) is 1. The van der Waals surface area contributed by atoms with E-state index in [1.165, 1.54) is 38.5 Å². The van der Waals surface area contributed by atoms with Gasteiger partial charge in [-0.15, -0.1) is 0 Å². The lowest BCUT2D eigenvalue weighted by Gasteiger charge is -2.04. The second-order valence-electron chi connectivity index (χ2n) is 5.68. The zero-order chi connectivity index (χ0) is 14.4. The molecule has 0 saturated heterocycles. The zero-order valence-corrected chi connectivity index (χ0v) is 12.3. The third-order valence-electron chi connectivity index (χ3n) is 4.26. The monoisotopic (exact) mass is 271 g/mol. The van der Waals surface area contributed by atoms with Crippen LogP contribution in [0.2, 0.25) is 0 Å². The lowest BCUT2D eigenvalue weighted by atomic mass is 10.0. The third kappa shape index (κ3) is 1.85. The standard InChI is InChI=1S/C20H17N/c1-14-6-5-7-15(12-14)16-10-11-20-18(13-16)17-8-3-4-9-19(17)21(20)2/h3-13H,1-2H3. The molecule has 1 nitrogen and oxygen atoms in total. The largest absolute Gasteiger partial charge is 0.344 e. The van der Waals surface area contributed by atoms with Crippen LogP contribution in [-0.4, -0.2) is 4.57 Å². The molecule has 0 unspecified atom stereocenters. The molecule has 0 aliphatic heterocycles. The van der Waals surface area contributed by atoms with Crippen molar-refractivity contribution in [2.45, 2.75) is 6.92 Å². The van der Waals surface area contributed by atoms with Gasteiger partial charge in [-0.1, -0.05) is 54.1 Å². The maximum absolute atomic E-state index is 2.31. The van der Waals surface area contributed by atoms with Gasteiger partial charge in [0.05, 0.1) is 0 Å². The van der Waals surface area contributed by atoms with Gasteiger partial charge in [0.25, 0.3) is 0 Å². The summed E-state index contributed by atoms with van der Waals surface area (Å²) in [6, 6.07) is 24.0. The van der Waals surface area contributed by atoms with Gasteiger partial charge in [-0.05, 0) is 36.2 Å². The fourth-order valence-electron chi connectivity index (χ4n) is 3.17. The molecular formula is C20H17N. The predicted octanol–water partition coefficient (Wildman–Crippen LogP) is 5.31. The van der Waals surface area contributed by atoms with E-state index >= 15 is 0 Å². The van der Waals surface area contributed by atoms with Crippen molar-refractivity contribution < 1.29 is 0 Å². The molecule has 0 N–H and O–H groups in total. The van der Waals surface area contributed by atoms with Gasteiger partial charge in [-0.2, -0.15) is 0 Å². The summed E-state index contributed by atoms with van der Waals surface area (Å²) < 4.78 is 2.27. The minimum absolute atomic E-state index is 1.28. The molecule has 4 aromatic rings. The highest BCUT2D eigenvalue weighted by atomic mass is 14.9. The summed E-state index contributed by atoms with van der Waals surface area (Å²) in [6.07, 6.45) is 0. The van der Waals surface area contributed by atoms with E-state index in [2.05, 4.69) is 85.3 Å². The maximum Gasteiger partial charge on any atom is 0.0489 e. The molecule has 0 bridgehead atoms.